The van der Waals surface area contributed by atoms with Crippen molar-refractivity contribution in [2.24, 2.45) is 0 Å². The molecule has 0 aliphatic rings. The van der Waals surface area contributed by atoms with Gasteiger partial charge in [-0.3, -0.25) is 4.79 Å². The first-order valence-corrected chi connectivity index (χ1v) is 13.2. The fourth-order valence-corrected chi connectivity index (χ4v) is 3.75. The second kappa shape index (κ2) is 24.7. The smallest absolute Gasteiger partial charge is 0.220 e. The van der Waals surface area contributed by atoms with Crippen LogP contribution < -0.4 is 5.32 Å². The summed E-state index contributed by atoms with van der Waals surface area (Å²) in [7, 11) is 0. The number of hydrogen-bond donors (Lipinski definition) is 2. The number of rotatable bonds is 24. The minimum Gasteiger partial charge on any atom is -0.394 e. The van der Waals surface area contributed by atoms with Crippen LogP contribution in [0, 0.1) is 0 Å². The van der Waals surface area contributed by atoms with Crippen LogP contribution in [0.15, 0.2) is 0 Å². The van der Waals surface area contributed by atoms with Crippen LogP contribution in [-0.4, -0.2) is 36.9 Å². The van der Waals surface area contributed by atoms with E-state index in [1.54, 1.807) is 0 Å². The molecule has 0 rings (SSSR count). The summed E-state index contributed by atoms with van der Waals surface area (Å²) in [6.07, 6.45) is 23.3. The molecule has 0 saturated carbocycles. The van der Waals surface area contributed by atoms with Crippen molar-refractivity contribution >= 4 is 5.91 Å². The van der Waals surface area contributed by atoms with E-state index in [9.17, 15) is 9.90 Å². The van der Waals surface area contributed by atoms with Crippen molar-refractivity contribution in [1.82, 2.24) is 5.32 Å². The standard InChI is InChI=1S/C26H53NO3/c1-3-5-7-9-11-12-13-14-15-17-19-21-26(29)27-23-25(24-28)30-22-20-18-16-10-8-6-4-2/h25,28H,3-24H2,1-2H3,(H,27,29). The third-order valence-corrected chi connectivity index (χ3v) is 5.84. The molecule has 4 heteroatoms. The summed E-state index contributed by atoms with van der Waals surface area (Å²) < 4.78 is 5.72. The predicted octanol–water partition coefficient (Wildman–Crippen LogP) is 6.93. The number of unbranched alkanes of at least 4 members (excludes halogenated alkanes) is 16. The summed E-state index contributed by atoms with van der Waals surface area (Å²) in [5.41, 5.74) is 0. The first-order chi connectivity index (χ1) is 14.7. The Kier molecular flexibility index (Phi) is 24.2. The first-order valence-electron chi connectivity index (χ1n) is 13.2. The molecule has 0 bridgehead atoms. The molecular weight excluding hydrogens is 374 g/mol. The lowest BCUT2D eigenvalue weighted by molar-refractivity contribution is -0.122. The summed E-state index contributed by atoms with van der Waals surface area (Å²) in [5, 5.41) is 12.4. The SMILES string of the molecule is CCCCCCCCCCCCCC(=O)NCC(CO)OCCCCCCCCC. The molecule has 30 heavy (non-hydrogen) atoms. The number of nitrogens with one attached hydrogen (secondary N) is 1. The molecule has 1 amide bonds. The third kappa shape index (κ3) is 22.1. The van der Waals surface area contributed by atoms with Crippen LogP contribution in [0.25, 0.3) is 0 Å². The lowest BCUT2D eigenvalue weighted by Gasteiger charge is -2.16. The molecule has 0 radical (unpaired) electrons. The highest BCUT2D eigenvalue weighted by molar-refractivity contribution is 5.75. The van der Waals surface area contributed by atoms with E-state index in [-0.39, 0.29) is 18.6 Å². The fourth-order valence-electron chi connectivity index (χ4n) is 3.75. The Hall–Kier alpha value is -0.610. The maximum Gasteiger partial charge on any atom is 0.220 e. The zero-order chi connectivity index (χ0) is 22.1. The summed E-state index contributed by atoms with van der Waals surface area (Å²) in [6, 6.07) is 0. The van der Waals surface area contributed by atoms with Crippen molar-refractivity contribution in [1.29, 1.82) is 0 Å². The van der Waals surface area contributed by atoms with Crippen LogP contribution in [0.4, 0.5) is 0 Å². The number of ether oxygens (including phenoxy) is 1. The third-order valence-electron chi connectivity index (χ3n) is 5.84. The molecule has 180 valence electrons. The molecule has 0 fully saturated rings. The Morgan fingerprint density at radius 3 is 1.60 bits per heavy atom. The Bertz CT molecular complexity index is 349. The van der Waals surface area contributed by atoms with Crippen LogP contribution >= 0.6 is 0 Å². The quantitative estimate of drug-likeness (QED) is 0.164. The molecule has 0 spiro atoms. The molecule has 0 aliphatic carbocycles. The molecule has 0 heterocycles. The van der Waals surface area contributed by atoms with Gasteiger partial charge in [-0.1, -0.05) is 117 Å². The summed E-state index contributed by atoms with van der Waals surface area (Å²) in [6.45, 7) is 5.56. The van der Waals surface area contributed by atoms with Crippen LogP contribution in [0.2, 0.25) is 0 Å². The highest BCUT2D eigenvalue weighted by Gasteiger charge is 2.09. The lowest BCUT2D eigenvalue weighted by atomic mass is 10.1. The van der Waals surface area contributed by atoms with Gasteiger partial charge in [0.15, 0.2) is 0 Å². The Morgan fingerprint density at radius 1 is 0.700 bits per heavy atom. The van der Waals surface area contributed by atoms with E-state index in [0.29, 0.717) is 19.6 Å². The Morgan fingerprint density at radius 2 is 1.13 bits per heavy atom. The molecule has 0 saturated heterocycles. The zero-order valence-electron chi connectivity index (χ0n) is 20.4. The van der Waals surface area contributed by atoms with Gasteiger partial charge >= 0.3 is 0 Å². The van der Waals surface area contributed by atoms with Gasteiger partial charge in [-0.2, -0.15) is 0 Å². The van der Waals surface area contributed by atoms with Gasteiger partial charge in [-0.15, -0.1) is 0 Å². The van der Waals surface area contributed by atoms with Crippen LogP contribution in [0.1, 0.15) is 136 Å². The molecule has 1 atom stereocenters. The molecule has 4 nitrogen and oxygen atoms in total. The minimum absolute atomic E-state index is 0.0325. The van der Waals surface area contributed by atoms with Gasteiger partial charge in [0, 0.05) is 19.6 Å². The number of amides is 1. The average Bonchev–Trinajstić information content (AvgIpc) is 2.76. The number of carbonyl (C=O) groups excluding carboxylic acids is 1. The van der Waals surface area contributed by atoms with Gasteiger partial charge in [0.05, 0.1) is 12.7 Å². The number of aliphatic hydroxyl groups excluding tert-OH is 1. The fraction of sp³-hybridized carbons (Fsp3) is 0.962. The number of hydrogen-bond acceptors (Lipinski definition) is 3. The Labute approximate surface area is 187 Å². The van der Waals surface area contributed by atoms with Gasteiger partial charge in [0.1, 0.15) is 0 Å². The molecular formula is C26H53NO3. The van der Waals surface area contributed by atoms with Crippen molar-refractivity contribution in [2.45, 2.75) is 142 Å². The molecule has 0 aromatic heterocycles. The lowest BCUT2D eigenvalue weighted by Crippen LogP contribution is -2.35. The molecule has 2 N–H and O–H groups in total. The molecule has 0 aromatic rings. The predicted molar refractivity (Wildman–Crippen MR) is 129 cm³/mol. The Balaban J connectivity index is 3.43. The van der Waals surface area contributed by atoms with E-state index in [2.05, 4.69) is 19.2 Å². The summed E-state index contributed by atoms with van der Waals surface area (Å²) in [4.78, 5) is 12.0. The highest BCUT2D eigenvalue weighted by atomic mass is 16.5. The first kappa shape index (κ1) is 29.4. The second-order valence-electron chi connectivity index (χ2n) is 8.89. The maximum atomic E-state index is 12.0. The van der Waals surface area contributed by atoms with Crippen molar-refractivity contribution in [3.63, 3.8) is 0 Å². The second-order valence-corrected chi connectivity index (χ2v) is 8.89. The van der Waals surface area contributed by atoms with Gasteiger partial charge in [0.25, 0.3) is 0 Å². The monoisotopic (exact) mass is 427 g/mol. The van der Waals surface area contributed by atoms with Crippen LogP contribution in [-0.2, 0) is 9.53 Å². The number of aliphatic hydroxyl groups is 1. The van der Waals surface area contributed by atoms with Gasteiger partial charge in [-0.25, -0.2) is 0 Å². The molecule has 0 aliphatic heterocycles. The maximum absolute atomic E-state index is 12.0. The van der Waals surface area contributed by atoms with Crippen LogP contribution in [0.3, 0.4) is 0 Å². The minimum atomic E-state index is -0.272. The highest BCUT2D eigenvalue weighted by Crippen LogP contribution is 2.12. The topological polar surface area (TPSA) is 58.6 Å². The molecule has 1 unspecified atom stereocenters. The van der Waals surface area contributed by atoms with Gasteiger partial charge in [0.2, 0.25) is 5.91 Å². The van der Waals surface area contributed by atoms with Crippen molar-refractivity contribution in [2.75, 3.05) is 19.8 Å². The summed E-state index contributed by atoms with van der Waals surface area (Å²) in [5.74, 6) is 0.0869. The molecule has 0 aromatic carbocycles. The normalized spacial score (nSPS) is 12.2. The van der Waals surface area contributed by atoms with Gasteiger partial charge in [-0.05, 0) is 12.8 Å². The summed E-state index contributed by atoms with van der Waals surface area (Å²) >= 11 is 0. The van der Waals surface area contributed by atoms with Crippen LogP contribution in [0.5, 0.6) is 0 Å². The number of carbonyl (C=O) groups is 1. The van der Waals surface area contributed by atoms with E-state index in [1.807, 2.05) is 0 Å². The van der Waals surface area contributed by atoms with E-state index < -0.39 is 0 Å². The van der Waals surface area contributed by atoms with E-state index in [1.165, 1.54) is 96.3 Å². The van der Waals surface area contributed by atoms with Crippen molar-refractivity contribution in [3.8, 4) is 0 Å². The van der Waals surface area contributed by atoms with E-state index in [4.69, 9.17) is 4.74 Å². The largest absolute Gasteiger partial charge is 0.394 e. The zero-order valence-corrected chi connectivity index (χ0v) is 20.4. The van der Waals surface area contributed by atoms with Crippen molar-refractivity contribution < 1.29 is 14.6 Å². The van der Waals surface area contributed by atoms with Crippen molar-refractivity contribution in [3.05, 3.63) is 0 Å². The van der Waals surface area contributed by atoms with E-state index in [0.717, 1.165) is 19.3 Å². The average molecular weight is 428 g/mol. The van der Waals surface area contributed by atoms with Gasteiger partial charge < -0.3 is 15.2 Å². The van der Waals surface area contributed by atoms with E-state index >= 15 is 0 Å².